The zero-order valence-electron chi connectivity index (χ0n) is 9.74. The van der Waals surface area contributed by atoms with Crippen LogP contribution in [0.25, 0.3) is 0 Å². The van der Waals surface area contributed by atoms with E-state index in [1.807, 2.05) is 25.2 Å². The molecule has 1 saturated heterocycles. The van der Waals surface area contributed by atoms with Crippen molar-refractivity contribution in [2.75, 3.05) is 24.6 Å². The van der Waals surface area contributed by atoms with E-state index in [9.17, 15) is 4.79 Å². The monoisotopic (exact) mass is 345 g/mol. The smallest absolute Gasteiger partial charge is 0.222 e. The SMILES string of the molecule is CN1CC(Nc2ccc(I)cc2N)CCC1=O. The van der Waals surface area contributed by atoms with Crippen LogP contribution in [0.3, 0.4) is 0 Å². The molecule has 1 fully saturated rings. The highest BCUT2D eigenvalue weighted by atomic mass is 127. The van der Waals surface area contributed by atoms with Gasteiger partial charge in [0.25, 0.3) is 0 Å². The zero-order valence-corrected chi connectivity index (χ0v) is 11.9. The topological polar surface area (TPSA) is 58.4 Å². The second-order valence-electron chi connectivity index (χ2n) is 4.39. The molecule has 0 saturated carbocycles. The Morgan fingerprint density at radius 1 is 1.53 bits per heavy atom. The van der Waals surface area contributed by atoms with Gasteiger partial charge in [0.2, 0.25) is 5.91 Å². The van der Waals surface area contributed by atoms with Gasteiger partial charge in [0.05, 0.1) is 11.4 Å². The van der Waals surface area contributed by atoms with Crippen LogP contribution in [0, 0.1) is 3.57 Å². The van der Waals surface area contributed by atoms with Crippen LogP contribution >= 0.6 is 22.6 Å². The number of nitrogen functional groups attached to an aromatic ring is 1. The molecule has 1 aromatic rings. The Balaban J connectivity index is 2.03. The molecule has 1 heterocycles. The average Bonchev–Trinajstić information content (AvgIpc) is 2.27. The summed E-state index contributed by atoms with van der Waals surface area (Å²) in [7, 11) is 1.84. The first-order chi connectivity index (χ1) is 8.06. The summed E-state index contributed by atoms with van der Waals surface area (Å²) in [6, 6.07) is 6.26. The van der Waals surface area contributed by atoms with Crippen molar-refractivity contribution in [2.45, 2.75) is 18.9 Å². The van der Waals surface area contributed by atoms with Gasteiger partial charge >= 0.3 is 0 Å². The molecule has 0 spiro atoms. The molecule has 0 bridgehead atoms. The van der Waals surface area contributed by atoms with E-state index in [4.69, 9.17) is 5.73 Å². The molecule has 0 aliphatic carbocycles. The minimum Gasteiger partial charge on any atom is -0.397 e. The number of anilines is 2. The summed E-state index contributed by atoms with van der Waals surface area (Å²) in [5, 5.41) is 3.41. The Kier molecular flexibility index (Phi) is 3.76. The standard InChI is InChI=1S/C12H16IN3O/c1-16-7-9(3-5-12(16)17)15-11-4-2-8(13)6-10(11)14/h2,4,6,9,15H,3,5,7,14H2,1H3. The molecule has 1 aliphatic rings. The molecule has 92 valence electrons. The highest BCUT2D eigenvalue weighted by Gasteiger charge is 2.22. The first-order valence-corrected chi connectivity index (χ1v) is 6.69. The molecule has 0 radical (unpaired) electrons. The van der Waals surface area contributed by atoms with Crippen molar-refractivity contribution in [2.24, 2.45) is 0 Å². The van der Waals surface area contributed by atoms with E-state index in [1.165, 1.54) is 0 Å². The molecule has 1 unspecified atom stereocenters. The lowest BCUT2D eigenvalue weighted by Gasteiger charge is -2.31. The first-order valence-electron chi connectivity index (χ1n) is 5.62. The number of piperidine rings is 1. The fourth-order valence-corrected chi connectivity index (χ4v) is 2.53. The summed E-state index contributed by atoms with van der Waals surface area (Å²) in [6.07, 6.45) is 1.48. The largest absolute Gasteiger partial charge is 0.397 e. The summed E-state index contributed by atoms with van der Waals surface area (Å²) in [4.78, 5) is 13.1. The predicted octanol–water partition coefficient (Wildman–Crippen LogP) is 1.91. The van der Waals surface area contributed by atoms with E-state index < -0.39 is 0 Å². The molecule has 1 aliphatic heterocycles. The fraction of sp³-hybridized carbons (Fsp3) is 0.417. The van der Waals surface area contributed by atoms with E-state index in [0.29, 0.717) is 12.5 Å². The number of carbonyl (C=O) groups is 1. The lowest BCUT2D eigenvalue weighted by atomic mass is 10.1. The van der Waals surface area contributed by atoms with Gasteiger partial charge in [-0.25, -0.2) is 0 Å². The van der Waals surface area contributed by atoms with Gasteiger partial charge in [0, 0.05) is 29.6 Å². The van der Waals surface area contributed by atoms with Crippen LogP contribution in [0.4, 0.5) is 11.4 Å². The second-order valence-corrected chi connectivity index (χ2v) is 5.63. The van der Waals surface area contributed by atoms with Crippen molar-refractivity contribution in [1.29, 1.82) is 0 Å². The third kappa shape index (κ3) is 3.02. The zero-order chi connectivity index (χ0) is 12.4. The van der Waals surface area contributed by atoms with Crippen LogP contribution in [-0.2, 0) is 4.79 Å². The number of halogens is 1. The Hall–Kier alpha value is -0.980. The minimum absolute atomic E-state index is 0.221. The number of carbonyl (C=O) groups excluding carboxylic acids is 1. The first kappa shape index (κ1) is 12.5. The summed E-state index contributed by atoms with van der Waals surface area (Å²) >= 11 is 2.24. The third-order valence-corrected chi connectivity index (χ3v) is 3.67. The molecule has 2 rings (SSSR count). The number of likely N-dealkylation sites (tertiary alicyclic amines) is 1. The highest BCUT2D eigenvalue weighted by molar-refractivity contribution is 14.1. The lowest BCUT2D eigenvalue weighted by Crippen LogP contribution is -2.43. The van der Waals surface area contributed by atoms with Crippen LogP contribution in [0.5, 0.6) is 0 Å². The number of nitrogens with zero attached hydrogens (tertiary/aromatic N) is 1. The predicted molar refractivity (Wildman–Crippen MR) is 77.9 cm³/mol. The molecule has 5 heteroatoms. The van der Waals surface area contributed by atoms with E-state index >= 15 is 0 Å². The maximum Gasteiger partial charge on any atom is 0.222 e. The molecule has 4 nitrogen and oxygen atoms in total. The summed E-state index contributed by atoms with van der Waals surface area (Å²) in [5.74, 6) is 0.221. The van der Waals surface area contributed by atoms with Gasteiger partial charge in [-0.3, -0.25) is 4.79 Å². The van der Waals surface area contributed by atoms with Crippen LogP contribution in [0.1, 0.15) is 12.8 Å². The van der Waals surface area contributed by atoms with Gasteiger partial charge in [0.1, 0.15) is 0 Å². The second kappa shape index (κ2) is 5.12. The van der Waals surface area contributed by atoms with Crippen molar-refractivity contribution >= 4 is 39.9 Å². The molecule has 1 aromatic carbocycles. The van der Waals surface area contributed by atoms with Gasteiger partial charge in [-0.05, 0) is 47.2 Å². The van der Waals surface area contributed by atoms with Crippen LogP contribution < -0.4 is 11.1 Å². The van der Waals surface area contributed by atoms with Crippen molar-refractivity contribution < 1.29 is 4.79 Å². The van der Waals surface area contributed by atoms with Crippen molar-refractivity contribution in [3.63, 3.8) is 0 Å². The highest BCUT2D eigenvalue weighted by Crippen LogP contribution is 2.23. The van der Waals surface area contributed by atoms with E-state index in [-0.39, 0.29) is 5.91 Å². The fourth-order valence-electron chi connectivity index (χ4n) is 2.02. The maximum atomic E-state index is 11.4. The normalized spacial score (nSPS) is 20.5. The molecule has 1 atom stereocenters. The van der Waals surface area contributed by atoms with E-state index in [1.54, 1.807) is 4.90 Å². The Morgan fingerprint density at radius 3 is 2.94 bits per heavy atom. The van der Waals surface area contributed by atoms with Gasteiger partial charge in [-0.15, -0.1) is 0 Å². The van der Waals surface area contributed by atoms with Gasteiger partial charge < -0.3 is 16.0 Å². The Morgan fingerprint density at radius 2 is 2.29 bits per heavy atom. The molecule has 3 N–H and O–H groups in total. The molecular weight excluding hydrogens is 329 g/mol. The third-order valence-electron chi connectivity index (χ3n) is 3.00. The molecule has 17 heavy (non-hydrogen) atoms. The molecule has 0 aromatic heterocycles. The van der Waals surface area contributed by atoms with Gasteiger partial charge in [0.15, 0.2) is 0 Å². The van der Waals surface area contributed by atoms with Crippen LogP contribution in [-0.4, -0.2) is 30.4 Å². The molecular formula is C12H16IN3O. The van der Waals surface area contributed by atoms with Crippen molar-refractivity contribution in [3.05, 3.63) is 21.8 Å². The Labute approximate surface area is 115 Å². The van der Waals surface area contributed by atoms with Crippen molar-refractivity contribution in [3.8, 4) is 0 Å². The average molecular weight is 345 g/mol. The Bertz CT molecular complexity index is 436. The van der Waals surface area contributed by atoms with E-state index in [0.717, 1.165) is 27.9 Å². The van der Waals surface area contributed by atoms with Gasteiger partial charge in [-0.2, -0.15) is 0 Å². The minimum atomic E-state index is 0.221. The maximum absolute atomic E-state index is 11.4. The summed E-state index contributed by atoms with van der Waals surface area (Å²) in [5.41, 5.74) is 7.67. The van der Waals surface area contributed by atoms with E-state index in [2.05, 4.69) is 27.9 Å². The summed E-state index contributed by atoms with van der Waals surface area (Å²) < 4.78 is 1.13. The summed E-state index contributed by atoms with van der Waals surface area (Å²) in [6.45, 7) is 0.740. The van der Waals surface area contributed by atoms with Crippen LogP contribution in [0.15, 0.2) is 18.2 Å². The number of hydrogen-bond donors (Lipinski definition) is 2. The van der Waals surface area contributed by atoms with Crippen LogP contribution in [0.2, 0.25) is 0 Å². The lowest BCUT2D eigenvalue weighted by molar-refractivity contribution is -0.132. The quantitative estimate of drug-likeness (QED) is 0.636. The molecule has 1 amide bonds. The number of likely N-dealkylation sites (N-methyl/N-ethyl adjacent to an activating group) is 1. The number of benzene rings is 1. The number of nitrogens with one attached hydrogen (secondary N) is 1. The van der Waals surface area contributed by atoms with Crippen molar-refractivity contribution in [1.82, 2.24) is 4.90 Å². The van der Waals surface area contributed by atoms with Gasteiger partial charge in [-0.1, -0.05) is 0 Å². The number of nitrogens with two attached hydrogens (primary N) is 1. The number of hydrogen-bond acceptors (Lipinski definition) is 3. The number of rotatable bonds is 2. The number of amides is 1.